The number of fused-ring (bicyclic) bond motifs is 1. The Morgan fingerprint density at radius 1 is 1.55 bits per heavy atom. The van der Waals surface area contributed by atoms with Gasteiger partial charge >= 0.3 is 0 Å². The molecule has 1 heterocycles. The Labute approximate surface area is 126 Å². The SMILES string of the molecule is CCN(CCC#N)C(=O)c1sc2ccc(Cl)cc2c1N. The number of rotatable bonds is 4. The lowest BCUT2D eigenvalue weighted by Gasteiger charge is -2.18. The number of amides is 1. The standard InChI is InChI=1S/C14H14ClN3OS/c1-2-18(7-3-6-16)14(19)13-12(17)10-8-9(15)4-5-11(10)20-13/h4-5,8H,2-3,7,17H2,1H3. The van der Waals surface area contributed by atoms with Crippen molar-refractivity contribution in [2.45, 2.75) is 13.3 Å². The van der Waals surface area contributed by atoms with Gasteiger partial charge in [-0.15, -0.1) is 11.3 Å². The Balaban J connectivity index is 2.39. The van der Waals surface area contributed by atoms with Crippen molar-refractivity contribution < 1.29 is 4.79 Å². The van der Waals surface area contributed by atoms with Crippen LogP contribution in [0.5, 0.6) is 0 Å². The molecule has 0 aliphatic heterocycles. The Morgan fingerprint density at radius 2 is 2.30 bits per heavy atom. The quantitative estimate of drug-likeness (QED) is 0.939. The minimum absolute atomic E-state index is 0.127. The highest BCUT2D eigenvalue weighted by molar-refractivity contribution is 7.21. The van der Waals surface area contributed by atoms with Crippen molar-refractivity contribution >= 4 is 44.6 Å². The number of carbonyl (C=O) groups excluding carboxylic acids is 1. The summed E-state index contributed by atoms with van der Waals surface area (Å²) in [7, 11) is 0. The van der Waals surface area contributed by atoms with Crippen molar-refractivity contribution in [3.05, 3.63) is 28.1 Å². The van der Waals surface area contributed by atoms with Crippen LogP contribution in [0.1, 0.15) is 23.0 Å². The predicted octanol–water partition coefficient (Wildman–Crippen LogP) is 3.51. The summed E-state index contributed by atoms with van der Waals surface area (Å²) in [6.07, 6.45) is 0.316. The summed E-state index contributed by atoms with van der Waals surface area (Å²) >= 11 is 7.32. The molecule has 2 aromatic rings. The molecule has 0 atom stereocenters. The molecule has 104 valence electrons. The zero-order valence-electron chi connectivity index (χ0n) is 11.0. The number of carbonyl (C=O) groups is 1. The monoisotopic (exact) mass is 307 g/mol. The average molecular weight is 308 g/mol. The van der Waals surface area contributed by atoms with Crippen LogP contribution in [0.2, 0.25) is 5.02 Å². The zero-order valence-corrected chi connectivity index (χ0v) is 12.6. The van der Waals surface area contributed by atoms with Gasteiger partial charge in [0.15, 0.2) is 0 Å². The van der Waals surface area contributed by atoms with Gasteiger partial charge in [-0.3, -0.25) is 4.79 Å². The normalized spacial score (nSPS) is 10.4. The molecule has 0 spiro atoms. The van der Waals surface area contributed by atoms with Crippen LogP contribution >= 0.6 is 22.9 Å². The highest BCUT2D eigenvalue weighted by Gasteiger charge is 2.21. The molecule has 0 fully saturated rings. The van der Waals surface area contributed by atoms with Crippen molar-refractivity contribution in [3.8, 4) is 6.07 Å². The third-order valence-corrected chi connectivity index (χ3v) is 4.45. The van der Waals surface area contributed by atoms with Gasteiger partial charge in [-0.25, -0.2) is 0 Å². The first-order valence-corrected chi connectivity index (χ1v) is 7.41. The third kappa shape index (κ3) is 2.72. The molecule has 1 amide bonds. The van der Waals surface area contributed by atoms with Crippen LogP contribution in [0.3, 0.4) is 0 Å². The van der Waals surface area contributed by atoms with Crippen molar-refractivity contribution in [2.24, 2.45) is 0 Å². The maximum atomic E-state index is 12.5. The number of nitrogen functional groups attached to an aromatic ring is 1. The lowest BCUT2D eigenvalue weighted by atomic mass is 10.2. The van der Waals surface area contributed by atoms with E-state index in [1.54, 1.807) is 17.0 Å². The van der Waals surface area contributed by atoms with Crippen molar-refractivity contribution in [2.75, 3.05) is 18.8 Å². The molecule has 0 aliphatic carbocycles. The molecule has 20 heavy (non-hydrogen) atoms. The summed E-state index contributed by atoms with van der Waals surface area (Å²) in [5.41, 5.74) is 6.53. The van der Waals surface area contributed by atoms with Gasteiger partial charge < -0.3 is 10.6 Å². The summed E-state index contributed by atoms with van der Waals surface area (Å²) in [4.78, 5) is 14.6. The Kier molecular flexibility index (Phi) is 4.48. The first kappa shape index (κ1) is 14.6. The van der Waals surface area contributed by atoms with Gasteiger partial charge in [0.25, 0.3) is 5.91 Å². The number of thiophene rings is 1. The second-order valence-electron chi connectivity index (χ2n) is 4.28. The van der Waals surface area contributed by atoms with Crippen LogP contribution in [0, 0.1) is 11.3 Å². The molecule has 0 radical (unpaired) electrons. The highest BCUT2D eigenvalue weighted by atomic mass is 35.5. The summed E-state index contributed by atoms with van der Waals surface area (Å²) in [6, 6.07) is 7.46. The number of nitriles is 1. The summed E-state index contributed by atoms with van der Waals surface area (Å²) < 4.78 is 0.937. The fraction of sp³-hybridized carbons (Fsp3) is 0.286. The van der Waals surface area contributed by atoms with E-state index in [9.17, 15) is 4.79 Å². The van der Waals surface area contributed by atoms with E-state index in [0.717, 1.165) is 10.1 Å². The molecule has 2 rings (SSSR count). The van der Waals surface area contributed by atoms with Gasteiger partial charge in [-0.2, -0.15) is 5.26 Å². The van der Waals surface area contributed by atoms with Crippen LogP contribution in [-0.2, 0) is 0 Å². The predicted molar refractivity (Wildman–Crippen MR) is 83.1 cm³/mol. The fourth-order valence-electron chi connectivity index (χ4n) is 1.98. The lowest BCUT2D eigenvalue weighted by Crippen LogP contribution is -2.31. The Morgan fingerprint density at radius 3 is 2.95 bits per heavy atom. The van der Waals surface area contributed by atoms with Crippen LogP contribution < -0.4 is 5.73 Å². The smallest absolute Gasteiger partial charge is 0.266 e. The van der Waals surface area contributed by atoms with E-state index in [1.807, 2.05) is 19.1 Å². The number of nitrogens with two attached hydrogens (primary N) is 1. The van der Waals surface area contributed by atoms with Gasteiger partial charge in [0.2, 0.25) is 0 Å². The lowest BCUT2D eigenvalue weighted by molar-refractivity contribution is 0.0773. The number of nitrogens with zero attached hydrogens (tertiary/aromatic N) is 2. The molecule has 1 aromatic carbocycles. The summed E-state index contributed by atoms with van der Waals surface area (Å²) in [5, 5.41) is 10.0. The van der Waals surface area contributed by atoms with Gasteiger partial charge in [-0.1, -0.05) is 11.6 Å². The number of hydrogen-bond donors (Lipinski definition) is 1. The van der Waals surface area contributed by atoms with Gasteiger partial charge in [0.05, 0.1) is 18.2 Å². The minimum Gasteiger partial charge on any atom is -0.397 e. The Hall–Kier alpha value is -1.77. The topological polar surface area (TPSA) is 70.1 Å². The second-order valence-corrected chi connectivity index (χ2v) is 5.77. The molecular weight excluding hydrogens is 294 g/mol. The maximum absolute atomic E-state index is 12.5. The van der Waals surface area contributed by atoms with Crippen molar-refractivity contribution in [1.82, 2.24) is 4.90 Å². The molecule has 0 unspecified atom stereocenters. The molecule has 1 aromatic heterocycles. The van der Waals surface area contributed by atoms with E-state index in [2.05, 4.69) is 0 Å². The van der Waals surface area contributed by atoms with Gasteiger partial charge in [0.1, 0.15) is 4.88 Å². The number of hydrogen-bond acceptors (Lipinski definition) is 4. The first-order valence-electron chi connectivity index (χ1n) is 6.22. The van der Waals surface area contributed by atoms with Gasteiger partial charge in [-0.05, 0) is 25.1 Å². The number of anilines is 1. The summed E-state index contributed by atoms with van der Waals surface area (Å²) in [6.45, 7) is 2.85. The van der Waals surface area contributed by atoms with E-state index in [0.29, 0.717) is 35.1 Å². The number of halogens is 1. The maximum Gasteiger partial charge on any atom is 0.266 e. The summed E-state index contributed by atoms with van der Waals surface area (Å²) in [5.74, 6) is -0.127. The number of benzene rings is 1. The molecule has 6 heteroatoms. The molecule has 0 bridgehead atoms. The van der Waals surface area contributed by atoms with Crippen LogP contribution in [0.15, 0.2) is 18.2 Å². The molecule has 2 N–H and O–H groups in total. The Bertz CT molecular complexity index is 690. The average Bonchev–Trinajstić information content (AvgIpc) is 2.76. The second kappa shape index (κ2) is 6.12. The molecule has 0 aliphatic rings. The van der Waals surface area contributed by atoms with E-state index in [-0.39, 0.29) is 5.91 Å². The molecule has 0 saturated carbocycles. The minimum atomic E-state index is -0.127. The van der Waals surface area contributed by atoms with Gasteiger partial charge in [0, 0.05) is 28.2 Å². The van der Waals surface area contributed by atoms with Crippen LogP contribution in [0.4, 0.5) is 5.69 Å². The van der Waals surface area contributed by atoms with E-state index < -0.39 is 0 Å². The van der Waals surface area contributed by atoms with Crippen LogP contribution in [0.25, 0.3) is 10.1 Å². The molecule has 4 nitrogen and oxygen atoms in total. The van der Waals surface area contributed by atoms with Crippen molar-refractivity contribution in [3.63, 3.8) is 0 Å². The highest BCUT2D eigenvalue weighted by Crippen LogP contribution is 2.35. The zero-order chi connectivity index (χ0) is 14.7. The fourth-order valence-corrected chi connectivity index (χ4v) is 3.22. The first-order chi connectivity index (χ1) is 9.58. The largest absolute Gasteiger partial charge is 0.397 e. The van der Waals surface area contributed by atoms with E-state index >= 15 is 0 Å². The van der Waals surface area contributed by atoms with E-state index in [1.165, 1.54) is 11.3 Å². The third-order valence-electron chi connectivity index (χ3n) is 3.05. The van der Waals surface area contributed by atoms with Crippen LogP contribution in [-0.4, -0.2) is 23.9 Å². The molecular formula is C14H14ClN3OS. The van der Waals surface area contributed by atoms with Crippen molar-refractivity contribution in [1.29, 1.82) is 5.26 Å². The van der Waals surface area contributed by atoms with E-state index in [4.69, 9.17) is 22.6 Å². The molecule has 0 saturated heterocycles.